The smallest absolute Gasteiger partial charge is 0.298 e. The van der Waals surface area contributed by atoms with Gasteiger partial charge < -0.3 is 0 Å². The summed E-state index contributed by atoms with van der Waals surface area (Å²) in [5.41, 5.74) is 2.23. The maximum atomic E-state index is 13.5. The highest BCUT2D eigenvalue weighted by Crippen LogP contribution is 2.54. The van der Waals surface area contributed by atoms with Crippen molar-refractivity contribution in [2.75, 3.05) is 40.5 Å². The molecule has 0 spiro atoms. The Labute approximate surface area is 295 Å². The highest BCUT2D eigenvalue weighted by Gasteiger charge is 2.45. The molecule has 0 aliphatic carbocycles. The van der Waals surface area contributed by atoms with Gasteiger partial charge in [0.05, 0.1) is 31.8 Å². The Morgan fingerprint density at radius 1 is 0.612 bits per heavy atom. The Morgan fingerprint density at radius 3 is 1.31 bits per heavy atom. The average molecular weight is 717 g/mol. The molecule has 9 nitrogen and oxygen atoms in total. The van der Waals surface area contributed by atoms with Gasteiger partial charge in [-0.25, -0.2) is 18.5 Å². The van der Waals surface area contributed by atoms with Gasteiger partial charge in [-0.1, -0.05) is 97.9 Å². The van der Waals surface area contributed by atoms with Crippen LogP contribution in [0.2, 0.25) is 0 Å². The van der Waals surface area contributed by atoms with Gasteiger partial charge >= 0.3 is 15.5 Å². The third kappa shape index (κ3) is 11.5. The first-order valence-corrected chi connectivity index (χ1v) is 20.3. The lowest BCUT2D eigenvalue weighted by Gasteiger charge is -2.39. The Bertz CT molecular complexity index is 1400. The van der Waals surface area contributed by atoms with Gasteiger partial charge in [0.2, 0.25) is 0 Å². The number of benzene rings is 3. The van der Waals surface area contributed by atoms with Gasteiger partial charge in [0, 0.05) is 18.5 Å². The molecule has 0 heterocycles. The molecule has 0 fully saturated rings. The number of likely N-dealkylation sites (N-methyl/N-ethyl adjacent to an activating group) is 1. The highest BCUT2D eigenvalue weighted by molar-refractivity contribution is 7.51. The first-order valence-electron chi connectivity index (χ1n) is 17.3. The van der Waals surface area contributed by atoms with Crippen LogP contribution in [0.5, 0.6) is 0 Å². The first kappa shape index (κ1) is 42.7. The lowest BCUT2D eigenvalue weighted by molar-refractivity contribution is -0.123. The molecule has 3 rings (SSSR count). The maximum absolute atomic E-state index is 13.5. The van der Waals surface area contributed by atoms with Crippen LogP contribution in [0, 0.1) is 0 Å². The van der Waals surface area contributed by atoms with Crippen LogP contribution in [0.3, 0.4) is 0 Å². The zero-order valence-electron chi connectivity index (χ0n) is 30.9. The van der Waals surface area contributed by atoms with Gasteiger partial charge in [-0.2, -0.15) is 0 Å². The number of ketones is 1. The fourth-order valence-corrected chi connectivity index (χ4v) is 9.13. The second-order valence-electron chi connectivity index (χ2n) is 11.8. The van der Waals surface area contributed by atoms with Crippen LogP contribution in [0.15, 0.2) is 91.0 Å². The second kappa shape index (κ2) is 21.0. The maximum Gasteiger partial charge on any atom is 0.408 e. The van der Waals surface area contributed by atoms with E-state index in [9.17, 15) is 13.9 Å². The van der Waals surface area contributed by atoms with Gasteiger partial charge in [0.15, 0.2) is 0 Å². The molecule has 0 bridgehead atoms. The van der Waals surface area contributed by atoms with Crippen molar-refractivity contribution in [3.63, 3.8) is 0 Å². The second-order valence-corrected chi connectivity index (χ2v) is 15.9. The van der Waals surface area contributed by atoms with E-state index in [-0.39, 0.29) is 31.1 Å². The van der Waals surface area contributed by atoms with Crippen molar-refractivity contribution in [2.45, 2.75) is 85.2 Å². The van der Waals surface area contributed by atoms with Gasteiger partial charge in [-0.05, 0) is 85.2 Å². The van der Waals surface area contributed by atoms with Crippen molar-refractivity contribution < 1.29 is 32.0 Å². The molecule has 0 radical (unpaired) electrons. The minimum atomic E-state index is -3.45. The summed E-state index contributed by atoms with van der Waals surface area (Å²) in [7, 11) is -3.09. The van der Waals surface area contributed by atoms with E-state index in [0.717, 1.165) is 17.5 Å². The van der Waals surface area contributed by atoms with E-state index in [1.807, 2.05) is 113 Å². The molecule has 272 valence electrons. The Balaban J connectivity index is 0.000000377. The molecule has 0 amide bonds. The van der Waals surface area contributed by atoms with Crippen LogP contribution in [-0.4, -0.2) is 67.7 Å². The molecule has 0 aliphatic heterocycles. The Kier molecular flexibility index (Phi) is 18.3. The van der Waals surface area contributed by atoms with E-state index in [0.29, 0.717) is 26.1 Å². The highest BCUT2D eigenvalue weighted by atomic mass is 31.2. The summed E-state index contributed by atoms with van der Waals surface area (Å²) in [5, 5.41) is 0. The molecule has 2 unspecified atom stereocenters. The molecule has 0 saturated carbocycles. The van der Waals surface area contributed by atoms with E-state index in [1.54, 1.807) is 37.3 Å². The van der Waals surface area contributed by atoms with Crippen molar-refractivity contribution in [3.05, 3.63) is 108 Å². The normalized spacial score (nSPS) is 13.5. The summed E-state index contributed by atoms with van der Waals surface area (Å²) in [5.74, 6) is 0.128. The van der Waals surface area contributed by atoms with E-state index in [4.69, 9.17) is 18.1 Å². The molecule has 0 aromatic heterocycles. The molecule has 3 aromatic carbocycles. The molecule has 2 atom stereocenters. The molecule has 49 heavy (non-hydrogen) atoms. The lowest BCUT2D eigenvalue weighted by Crippen LogP contribution is -2.43. The van der Waals surface area contributed by atoms with Crippen molar-refractivity contribution in [1.82, 2.24) is 9.34 Å². The molecule has 11 heteroatoms. The lowest BCUT2D eigenvalue weighted by atomic mass is 9.67. The number of nitrogens with zero attached hydrogens (tertiary/aromatic N) is 2. The van der Waals surface area contributed by atoms with Gasteiger partial charge in [0.25, 0.3) is 0 Å². The molecule has 0 saturated heterocycles. The van der Waals surface area contributed by atoms with E-state index in [1.165, 1.54) is 5.56 Å². The fraction of sp³-hybridized carbons (Fsp3) is 0.500. The summed E-state index contributed by atoms with van der Waals surface area (Å²) in [6.07, 6.45) is 1.66. The molecular formula is C38H58N2O7P2. The Hall–Kier alpha value is -2.45. The van der Waals surface area contributed by atoms with Crippen LogP contribution in [0.4, 0.5) is 0 Å². The predicted octanol–water partition coefficient (Wildman–Crippen LogP) is 9.57. The molecular weight excluding hydrogens is 658 g/mol. The molecule has 0 N–H and O–H groups in total. The van der Waals surface area contributed by atoms with Crippen molar-refractivity contribution in [1.29, 1.82) is 0 Å². The SMILES string of the molecule is CCOP(=O)(OCC)N(C)C(C)CC(C(=O)CC)(c1ccccc1)c1ccccc1.CCOP(=O)(OCC)N(C)C(C)Cc1ccccc1. The molecule has 3 aromatic rings. The van der Waals surface area contributed by atoms with Gasteiger partial charge in [-0.15, -0.1) is 0 Å². The van der Waals surface area contributed by atoms with Crippen molar-refractivity contribution >= 4 is 21.3 Å². The summed E-state index contributed by atoms with van der Waals surface area (Å²) in [6.45, 7) is 14.4. The van der Waals surface area contributed by atoms with Crippen molar-refractivity contribution in [2.24, 2.45) is 0 Å². The summed E-state index contributed by atoms with van der Waals surface area (Å²) < 4.78 is 51.1. The number of rotatable bonds is 20. The average Bonchev–Trinajstić information content (AvgIpc) is 3.11. The zero-order chi connectivity index (χ0) is 36.5. The quantitative estimate of drug-likeness (QED) is 0.106. The third-order valence-electron chi connectivity index (χ3n) is 8.52. The van der Waals surface area contributed by atoms with E-state index >= 15 is 0 Å². The van der Waals surface area contributed by atoms with Crippen LogP contribution in [0.1, 0.15) is 78.0 Å². The summed E-state index contributed by atoms with van der Waals surface area (Å²) >= 11 is 0. The zero-order valence-corrected chi connectivity index (χ0v) is 32.7. The summed E-state index contributed by atoms with van der Waals surface area (Å²) in [6, 6.07) is 29.7. The largest absolute Gasteiger partial charge is 0.408 e. The minimum absolute atomic E-state index is 0.0753. The van der Waals surface area contributed by atoms with Gasteiger partial charge in [0.1, 0.15) is 5.78 Å². The van der Waals surface area contributed by atoms with E-state index < -0.39 is 20.9 Å². The number of hydrogen-bond acceptors (Lipinski definition) is 7. The number of carbonyl (C=O) groups is 1. The van der Waals surface area contributed by atoms with Crippen LogP contribution >= 0.6 is 15.5 Å². The fourth-order valence-electron chi connectivity index (χ4n) is 5.82. The van der Waals surface area contributed by atoms with Gasteiger partial charge in [-0.3, -0.25) is 22.9 Å². The first-order chi connectivity index (χ1) is 23.4. The standard InChI is InChI=1S/C24H34NO4P.C14H24NO3P/c1-6-23(26)24(21-15-11-9-12-16-21,22-17-13-10-14-18-22)19-20(4)25(5)30(27,28-7-2)29-8-3;1-5-17-19(16,18-6-2)15(4)13(3)12-14-10-8-7-9-11-14/h9-18,20H,6-8,19H2,1-5H3;7-11,13H,5-6,12H2,1-4H3. The summed E-state index contributed by atoms with van der Waals surface area (Å²) in [4.78, 5) is 13.5. The van der Waals surface area contributed by atoms with Crippen LogP contribution in [0.25, 0.3) is 0 Å². The van der Waals surface area contributed by atoms with Crippen LogP contribution < -0.4 is 0 Å². The monoisotopic (exact) mass is 716 g/mol. The topological polar surface area (TPSA) is 94.6 Å². The number of Topliss-reactive ketones (excluding diaryl/α,β-unsaturated/α-hetero) is 1. The Morgan fingerprint density at radius 2 is 0.959 bits per heavy atom. The predicted molar refractivity (Wildman–Crippen MR) is 200 cm³/mol. The number of carbonyl (C=O) groups excluding carboxylic acids is 1. The van der Waals surface area contributed by atoms with Crippen molar-refractivity contribution in [3.8, 4) is 0 Å². The third-order valence-corrected chi connectivity index (χ3v) is 13.2. The van der Waals surface area contributed by atoms with E-state index in [2.05, 4.69) is 12.1 Å². The number of hydrogen-bond donors (Lipinski definition) is 0. The molecule has 0 aliphatic rings. The minimum Gasteiger partial charge on any atom is -0.298 e. The van der Waals surface area contributed by atoms with Crippen LogP contribution in [-0.2, 0) is 43.9 Å².